The van der Waals surface area contributed by atoms with Crippen LogP contribution in [0, 0.1) is 11.5 Å². The molecule has 0 atom stereocenters. The molecule has 94 valence electrons. The van der Waals surface area contributed by atoms with Gasteiger partial charge < -0.3 is 5.11 Å². The molecule has 1 aromatic carbocycles. The van der Waals surface area contributed by atoms with Crippen LogP contribution in [0.1, 0.15) is 10.4 Å². The van der Waals surface area contributed by atoms with Crippen LogP contribution in [0.5, 0.6) is 0 Å². The van der Waals surface area contributed by atoms with Crippen molar-refractivity contribution < 1.29 is 9.90 Å². The highest BCUT2D eigenvalue weighted by Crippen LogP contribution is 2.33. The number of halogens is 2. The minimum Gasteiger partial charge on any atom is -0.478 e. The van der Waals surface area contributed by atoms with E-state index < -0.39 is 5.97 Å². The lowest BCUT2D eigenvalue weighted by molar-refractivity contribution is 0.0698. The van der Waals surface area contributed by atoms with Crippen LogP contribution in [0.15, 0.2) is 17.1 Å². The second-order valence-corrected chi connectivity index (χ2v) is 4.59. The molecule has 0 aliphatic carbocycles. The van der Waals surface area contributed by atoms with Gasteiger partial charge in [-0.1, -0.05) is 35.0 Å². The first kappa shape index (κ1) is 14.6. The van der Waals surface area contributed by atoms with Gasteiger partial charge >= 0.3 is 5.97 Å². The first-order chi connectivity index (χ1) is 8.49. The van der Waals surface area contributed by atoms with E-state index in [1.807, 2.05) is 0 Å². The van der Waals surface area contributed by atoms with Crippen molar-refractivity contribution in [3.63, 3.8) is 0 Å². The lowest BCUT2D eigenvalue weighted by atomic mass is 10.2. The van der Waals surface area contributed by atoms with E-state index in [4.69, 9.17) is 33.6 Å². The van der Waals surface area contributed by atoms with E-state index in [-0.39, 0.29) is 26.5 Å². The topological polar surface area (TPSA) is 85.5 Å². The highest BCUT2D eigenvalue weighted by atomic mass is 35.5. The minimum absolute atomic E-state index is 0.0562. The van der Waals surface area contributed by atoms with Crippen LogP contribution in [0.3, 0.4) is 0 Å². The van der Waals surface area contributed by atoms with Crippen LogP contribution in [-0.4, -0.2) is 22.5 Å². The summed E-state index contributed by atoms with van der Waals surface area (Å²) in [6, 6.07) is 2.64. The summed E-state index contributed by atoms with van der Waals surface area (Å²) < 4.78 is 0. The molecule has 5 nitrogen and oxygen atoms in total. The molecule has 0 aliphatic heterocycles. The number of nitriles is 1. The summed E-state index contributed by atoms with van der Waals surface area (Å²) in [6.45, 7) is 0. The third-order valence-electron chi connectivity index (χ3n) is 1.83. The number of thioether (sulfide) groups is 1. The number of carbonyl (C=O) groups is 1. The number of rotatable bonds is 2. The summed E-state index contributed by atoms with van der Waals surface area (Å²) in [4.78, 5) is 15.1. The van der Waals surface area contributed by atoms with E-state index in [2.05, 4.69) is 10.3 Å². The maximum absolute atomic E-state index is 11.1. The zero-order chi connectivity index (χ0) is 13.7. The van der Waals surface area contributed by atoms with Crippen LogP contribution >= 0.6 is 35.0 Å². The summed E-state index contributed by atoms with van der Waals surface area (Å²) in [7, 11) is 0. The number of amidine groups is 1. The Morgan fingerprint density at radius 3 is 2.72 bits per heavy atom. The van der Waals surface area contributed by atoms with Crippen molar-refractivity contribution in [1.29, 1.82) is 5.26 Å². The van der Waals surface area contributed by atoms with E-state index in [1.165, 1.54) is 12.1 Å². The van der Waals surface area contributed by atoms with Crippen molar-refractivity contribution >= 4 is 51.8 Å². The zero-order valence-electron chi connectivity index (χ0n) is 9.07. The van der Waals surface area contributed by atoms with E-state index >= 15 is 0 Å². The van der Waals surface area contributed by atoms with E-state index in [9.17, 15) is 4.79 Å². The third-order valence-corrected chi connectivity index (χ3v) is 2.91. The van der Waals surface area contributed by atoms with Gasteiger partial charge in [-0.3, -0.25) is 5.32 Å². The van der Waals surface area contributed by atoms with Crippen LogP contribution < -0.4 is 5.32 Å². The fraction of sp³-hybridized carbons (Fsp3) is 0.100. The molecule has 2 N–H and O–H groups in total. The molecule has 0 aromatic heterocycles. The largest absolute Gasteiger partial charge is 0.478 e. The summed E-state index contributed by atoms with van der Waals surface area (Å²) in [5.41, 5.74) is -0.0699. The van der Waals surface area contributed by atoms with Gasteiger partial charge in [0, 0.05) is 5.02 Å². The maximum Gasteiger partial charge on any atom is 0.338 e. The van der Waals surface area contributed by atoms with Gasteiger partial charge in [-0.25, -0.2) is 9.79 Å². The van der Waals surface area contributed by atoms with Crippen LogP contribution in [-0.2, 0) is 0 Å². The van der Waals surface area contributed by atoms with Crippen molar-refractivity contribution in [1.82, 2.24) is 5.32 Å². The molecule has 1 rings (SSSR count). The average Bonchev–Trinajstić information content (AvgIpc) is 2.30. The quantitative estimate of drug-likeness (QED) is 0.379. The Balaban J connectivity index is 3.39. The van der Waals surface area contributed by atoms with Gasteiger partial charge in [0.15, 0.2) is 11.4 Å². The highest BCUT2D eigenvalue weighted by Gasteiger charge is 2.15. The first-order valence-corrected chi connectivity index (χ1v) is 6.47. The predicted octanol–water partition coefficient (Wildman–Crippen LogP) is 3.11. The normalized spacial score (nSPS) is 10.9. The molecule has 0 unspecified atom stereocenters. The van der Waals surface area contributed by atoms with Crippen molar-refractivity contribution in [3.8, 4) is 6.19 Å². The van der Waals surface area contributed by atoms with Gasteiger partial charge in [0.2, 0.25) is 0 Å². The summed E-state index contributed by atoms with van der Waals surface area (Å²) in [5.74, 6) is -1.20. The van der Waals surface area contributed by atoms with Gasteiger partial charge in [-0.2, -0.15) is 5.26 Å². The van der Waals surface area contributed by atoms with Crippen LogP contribution in [0.2, 0.25) is 10.0 Å². The van der Waals surface area contributed by atoms with E-state index in [0.717, 1.165) is 11.8 Å². The molecule has 0 fully saturated rings. The Morgan fingerprint density at radius 1 is 1.56 bits per heavy atom. The van der Waals surface area contributed by atoms with Gasteiger partial charge in [-0.05, 0) is 18.4 Å². The number of carboxylic acid groups (broad SMARTS) is 1. The molecule has 18 heavy (non-hydrogen) atoms. The number of nitrogens with one attached hydrogen (secondary N) is 1. The molecule has 0 heterocycles. The monoisotopic (exact) mass is 303 g/mol. The molecule has 1 aromatic rings. The average molecular weight is 304 g/mol. The van der Waals surface area contributed by atoms with Gasteiger partial charge in [0.05, 0.1) is 16.3 Å². The number of aromatic carboxylic acids is 1. The Morgan fingerprint density at radius 2 is 2.22 bits per heavy atom. The number of hydrogen-bond acceptors (Lipinski definition) is 4. The van der Waals surface area contributed by atoms with Gasteiger partial charge in [0.25, 0.3) is 0 Å². The molecule has 0 aliphatic rings. The summed E-state index contributed by atoms with van der Waals surface area (Å²) in [6.07, 6.45) is 3.39. The Labute approximate surface area is 117 Å². The fourth-order valence-electron chi connectivity index (χ4n) is 1.12. The molecule has 0 amide bonds. The number of aliphatic imine (C=N–C) groups is 1. The smallest absolute Gasteiger partial charge is 0.338 e. The lowest BCUT2D eigenvalue weighted by Gasteiger charge is -2.06. The fourth-order valence-corrected chi connectivity index (χ4v) is 1.98. The Hall–Kier alpha value is -1.42. The van der Waals surface area contributed by atoms with Crippen molar-refractivity contribution in [2.45, 2.75) is 0 Å². The van der Waals surface area contributed by atoms with Crippen LogP contribution in [0.25, 0.3) is 0 Å². The van der Waals surface area contributed by atoms with Crippen LogP contribution in [0.4, 0.5) is 5.69 Å². The molecule has 0 spiro atoms. The van der Waals surface area contributed by atoms with Crippen molar-refractivity contribution in [2.75, 3.05) is 6.26 Å². The molecule has 0 radical (unpaired) electrons. The van der Waals surface area contributed by atoms with Gasteiger partial charge in [0.1, 0.15) is 0 Å². The standard InChI is InChI=1S/C10H7Cl2N3O2S/c1-18-10(14-4-13)15-8-6(9(16)17)2-5(11)3-7(8)12/h2-3H,1H3,(H,14,15)(H,16,17). The number of carboxylic acids is 1. The second kappa shape index (κ2) is 6.50. The number of hydrogen-bond donors (Lipinski definition) is 2. The highest BCUT2D eigenvalue weighted by molar-refractivity contribution is 8.13. The summed E-state index contributed by atoms with van der Waals surface area (Å²) in [5, 5.41) is 20.4. The van der Waals surface area contributed by atoms with Crippen molar-refractivity contribution in [3.05, 3.63) is 27.7 Å². The molecule has 0 saturated heterocycles. The zero-order valence-corrected chi connectivity index (χ0v) is 11.4. The van der Waals surface area contributed by atoms with E-state index in [1.54, 1.807) is 12.4 Å². The summed E-state index contributed by atoms with van der Waals surface area (Å²) >= 11 is 12.8. The van der Waals surface area contributed by atoms with Gasteiger partial charge in [-0.15, -0.1) is 0 Å². The number of benzene rings is 1. The Kier molecular flexibility index (Phi) is 5.28. The first-order valence-electron chi connectivity index (χ1n) is 4.49. The lowest BCUT2D eigenvalue weighted by Crippen LogP contribution is -2.13. The molecule has 0 bridgehead atoms. The molecule has 0 saturated carbocycles. The predicted molar refractivity (Wildman–Crippen MR) is 72.8 cm³/mol. The second-order valence-electron chi connectivity index (χ2n) is 2.95. The molecular formula is C10H7Cl2N3O2S. The SMILES string of the molecule is CSC(=Nc1c(Cl)cc(Cl)cc1C(=O)O)NC#N. The number of nitrogens with zero attached hydrogens (tertiary/aromatic N) is 2. The molecule has 8 heteroatoms. The minimum atomic E-state index is -1.20. The van der Waals surface area contributed by atoms with E-state index in [0.29, 0.717) is 0 Å². The van der Waals surface area contributed by atoms with Crippen molar-refractivity contribution in [2.24, 2.45) is 4.99 Å². The third kappa shape index (κ3) is 3.53. The maximum atomic E-state index is 11.1. The molecular weight excluding hydrogens is 297 g/mol. The Bertz CT molecular complexity index is 555.